The van der Waals surface area contributed by atoms with Gasteiger partial charge >= 0.3 is 1.43 Å². The van der Waals surface area contributed by atoms with Crippen molar-refractivity contribution in [3.63, 3.8) is 0 Å². The molecule has 0 spiro atoms. The fourth-order valence-electron chi connectivity index (χ4n) is 1.40. The van der Waals surface area contributed by atoms with E-state index in [2.05, 4.69) is 0 Å². The zero-order valence-corrected chi connectivity index (χ0v) is 6.03. The molecule has 0 fully saturated rings. The van der Waals surface area contributed by atoms with Crippen LogP contribution in [0.15, 0.2) is 30.3 Å². The Balaban J connectivity index is 0.000000720. The normalized spacial score (nSPS) is 19.8. The third kappa shape index (κ3) is 0.891. The molecule has 0 saturated heterocycles. The maximum atomic E-state index is 10.5. The number of carbonyl (C=O) groups is 1. The monoisotopic (exact) mass is 145 g/mol. The molecular formula is C10H9O+. The highest BCUT2D eigenvalue weighted by molar-refractivity contribution is 5.76. The van der Waals surface area contributed by atoms with Gasteiger partial charge in [0.2, 0.25) is 0 Å². The van der Waals surface area contributed by atoms with Gasteiger partial charge < -0.3 is 4.79 Å². The fourth-order valence-corrected chi connectivity index (χ4v) is 1.40. The van der Waals surface area contributed by atoms with Crippen molar-refractivity contribution in [2.24, 2.45) is 0 Å². The number of hydrogen-bond donors (Lipinski definition) is 0. The number of carbonyl (C=O) groups excluding carboxylic acids is 1. The molecule has 54 valence electrons. The van der Waals surface area contributed by atoms with Crippen LogP contribution < -0.4 is 0 Å². The molecule has 0 aliphatic heterocycles. The van der Waals surface area contributed by atoms with E-state index in [-0.39, 0.29) is 7.34 Å². The average Bonchev–Trinajstić information content (AvgIpc) is 2.47. The summed E-state index contributed by atoms with van der Waals surface area (Å²) in [5.41, 5.74) is 2.30. The third-order valence-corrected chi connectivity index (χ3v) is 1.98. The van der Waals surface area contributed by atoms with Gasteiger partial charge in [0.05, 0.1) is 5.92 Å². The number of hydrogen-bond acceptors (Lipinski definition) is 1. The Labute approximate surface area is 66.8 Å². The second kappa shape index (κ2) is 2.35. The van der Waals surface area contributed by atoms with Crippen molar-refractivity contribution in [3.8, 4) is 0 Å². The first-order chi connectivity index (χ1) is 5.42. The smallest absolute Gasteiger partial charge is 0.302 e. The van der Waals surface area contributed by atoms with Gasteiger partial charge in [-0.25, -0.2) is 0 Å². The summed E-state index contributed by atoms with van der Waals surface area (Å²) in [5, 5.41) is 0. The lowest BCUT2D eigenvalue weighted by Gasteiger charge is -2.00. The van der Waals surface area contributed by atoms with Crippen molar-refractivity contribution in [2.45, 2.75) is 5.92 Å². The van der Waals surface area contributed by atoms with Crippen LogP contribution in [0, 0.1) is 0 Å². The van der Waals surface area contributed by atoms with E-state index in [4.69, 9.17) is 0 Å². The molecule has 1 aromatic rings. The summed E-state index contributed by atoms with van der Waals surface area (Å²) in [6, 6.07) is 7.96. The van der Waals surface area contributed by atoms with E-state index in [9.17, 15) is 4.79 Å². The molecule has 1 heteroatoms. The zero-order chi connectivity index (χ0) is 7.68. The lowest BCUT2D eigenvalue weighted by molar-refractivity contribution is -0.108. The molecule has 1 atom stereocenters. The van der Waals surface area contributed by atoms with Crippen LogP contribution in [-0.4, -0.2) is 6.29 Å². The molecule has 1 nitrogen and oxygen atoms in total. The number of allylic oxidation sites excluding steroid dienone is 1. The highest BCUT2D eigenvalue weighted by Crippen LogP contribution is 2.27. The lowest BCUT2D eigenvalue weighted by atomic mass is 10.0. The van der Waals surface area contributed by atoms with E-state index in [1.165, 1.54) is 5.56 Å². The Bertz CT molecular complexity index is 317. The summed E-state index contributed by atoms with van der Waals surface area (Å²) in [6.45, 7) is 0. The number of benzene rings is 1. The first-order valence-electron chi connectivity index (χ1n) is 3.64. The van der Waals surface area contributed by atoms with E-state index in [1.807, 2.05) is 36.4 Å². The first kappa shape index (κ1) is 6.35. The van der Waals surface area contributed by atoms with Crippen LogP contribution in [0.2, 0.25) is 0 Å². The van der Waals surface area contributed by atoms with Crippen LogP contribution in [0.25, 0.3) is 6.08 Å². The highest BCUT2D eigenvalue weighted by Gasteiger charge is 2.14. The van der Waals surface area contributed by atoms with Crippen molar-refractivity contribution in [2.75, 3.05) is 0 Å². The lowest BCUT2D eigenvalue weighted by Crippen LogP contribution is -1.92. The van der Waals surface area contributed by atoms with Crippen LogP contribution >= 0.6 is 0 Å². The molecule has 0 saturated carbocycles. The van der Waals surface area contributed by atoms with E-state index in [0.717, 1.165) is 11.8 Å². The van der Waals surface area contributed by atoms with Gasteiger partial charge in [0.1, 0.15) is 6.29 Å². The van der Waals surface area contributed by atoms with Crippen LogP contribution in [0.3, 0.4) is 0 Å². The van der Waals surface area contributed by atoms with Crippen molar-refractivity contribution in [1.82, 2.24) is 0 Å². The molecule has 0 heterocycles. The molecule has 1 aliphatic rings. The van der Waals surface area contributed by atoms with Crippen LogP contribution in [0.4, 0.5) is 0 Å². The molecule has 0 radical (unpaired) electrons. The Morgan fingerprint density at radius 3 is 3.00 bits per heavy atom. The van der Waals surface area contributed by atoms with Gasteiger partial charge in [-0.05, 0) is 11.1 Å². The minimum Gasteiger partial charge on any atom is -0.302 e. The van der Waals surface area contributed by atoms with Crippen LogP contribution in [0.5, 0.6) is 0 Å². The van der Waals surface area contributed by atoms with Gasteiger partial charge in [-0.1, -0.05) is 36.4 Å². The molecule has 11 heavy (non-hydrogen) atoms. The second-order valence-electron chi connectivity index (χ2n) is 2.65. The quantitative estimate of drug-likeness (QED) is 0.553. The molecule has 0 amide bonds. The summed E-state index contributed by atoms with van der Waals surface area (Å²) in [6.07, 6.45) is 4.90. The predicted octanol–water partition coefficient (Wildman–Crippen LogP) is 2.11. The molecule has 0 bridgehead atoms. The molecule has 1 aliphatic carbocycles. The van der Waals surface area contributed by atoms with Crippen LogP contribution in [-0.2, 0) is 4.79 Å². The molecule has 0 aromatic heterocycles. The van der Waals surface area contributed by atoms with Crippen molar-refractivity contribution < 1.29 is 6.22 Å². The third-order valence-electron chi connectivity index (χ3n) is 1.98. The number of aldehydes is 1. The largest absolute Gasteiger partial charge is 1.00 e. The Morgan fingerprint density at radius 1 is 1.36 bits per heavy atom. The molecule has 1 unspecified atom stereocenters. The summed E-state index contributed by atoms with van der Waals surface area (Å²) < 4.78 is 0. The SMILES string of the molecule is O=CC1C=Cc2ccccc21.[H+]. The Hall–Kier alpha value is -1.37. The Morgan fingerprint density at radius 2 is 2.18 bits per heavy atom. The number of rotatable bonds is 1. The van der Waals surface area contributed by atoms with Crippen molar-refractivity contribution >= 4 is 12.4 Å². The molecule has 0 N–H and O–H groups in total. The van der Waals surface area contributed by atoms with Gasteiger partial charge in [-0.2, -0.15) is 0 Å². The van der Waals surface area contributed by atoms with E-state index in [1.54, 1.807) is 0 Å². The predicted molar refractivity (Wildman–Crippen MR) is 45.4 cm³/mol. The fraction of sp³-hybridized carbons (Fsp3) is 0.100. The Kier molecular flexibility index (Phi) is 1.35. The summed E-state index contributed by atoms with van der Waals surface area (Å²) in [5.74, 6) is -0.00815. The summed E-state index contributed by atoms with van der Waals surface area (Å²) in [4.78, 5) is 10.5. The topological polar surface area (TPSA) is 17.1 Å². The van der Waals surface area contributed by atoms with E-state index in [0.29, 0.717) is 0 Å². The van der Waals surface area contributed by atoms with Gasteiger partial charge in [0.15, 0.2) is 0 Å². The minimum atomic E-state index is -0.00815. The van der Waals surface area contributed by atoms with Crippen molar-refractivity contribution in [3.05, 3.63) is 41.5 Å². The summed E-state index contributed by atoms with van der Waals surface area (Å²) >= 11 is 0. The zero-order valence-electron chi connectivity index (χ0n) is 7.03. The van der Waals surface area contributed by atoms with Crippen LogP contribution in [0.1, 0.15) is 18.5 Å². The van der Waals surface area contributed by atoms with Gasteiger partial charge in [0, 0.05) is 0 Å². The standard InChI is InChI=1S/C10H8O/c11-7-9-6-5-8-3-1-2-4-10(8)9/h1-7,9H/p+1. The minimum absolute atomic E-state index is 0. The van der Waals surface area contributed by atoms with Crippen molar-refractivity contribution in [1.29, 1.82) is 0 Å². The highest BCUT2D eigenvalue weighted by atomic mass is 16.1. The maximum Gasteiger partial charge on any atom is 1.00 e. The molecular weight excluding hydrogens is 136 g/mol. The molecule has 1 aromatic carbocycles. The maximum absolute atomic E-state index is 10.5. The van der Waals surface area contributed by atoms with Gasteiger partial charge in [0.25, 0.3) is 0 Å². The van der Waals surface area contributed by atoms with E-state index < -0.39 is 0 Å². The first-order valence-corrected chi connectivity index (χ1v) is 3.64. The summed E-state index contributed by atoms with van der Waals surface area (Å²) in [7, 11) is 0. The average molecular weight is 145 g/mol. The second-order valence-corrected chi connectivity index (χ2v) is 2.65. The van der Waals surface area contributed by atoms with E-state index >= 15 is 0 Å². The molecule has 2 rings (SSSR count). The van der Waals surface area contributed by atoms with Gasteiger partial charge in [-0.3, -0.25) is 0 Å². The number of fused-ring (bicyclic) bond motifs is 1. The van der Waals surface area contributed by atoms with Gasteiger partial charge in [-0.15, -0.1) is 0 Å².